The van der Waals surface area contributed by atoms with Crippen LogP contribution in [0.15, 0.2) is 47.4 Å². The SMILES string of the molecule is Cc1ccc(CNC(=O)CCS(=O)(=O)c2ccc3c(c2)CCN3C(=O)C2CC2)cc1. The minimum Gasteiger partial charge on any atom is -0.352 e. The number of amides is 2. The molecule has 158 valence electrons. The molecule has 1 N–H and O–H groups in total. The molecule has 2 amide bonds. The van der Waals surface area contributed by atoms with Gasteiger partial charge in [0.25, 0.3) is 0 Å². The fourth-order valence-corrected chi connectivity index (χ4v) is 4.98. The summed E-state index contributed by atoms with van der Waals surface area (Å²) in [5, 5.41) is 2.77. The summed E-state index contributed by atoms with van der Waals surface area (Å²) < 4.78 is 25.4. The molecule has 6 nitrogen and oxygen atoms in total. The van der Waals surface area contributed by atoms with Gasteiger partial charge in [-0.1, -0.05) is 29.8 Å². The molecule has 30 heavy (non-hydrogen) atoms. The van der Waals surface area contributed by atoms with Crippen LogP contribution in [-0.2, 0) is 32.4 Å². The molecule has 4 rings (SSSR count). The van der Waals surface area contributed by atoms with Gasteiger partial charge in [-0.3, -0.25) is 9.59 Å². The van der Waals surface area contributed by atoms with Gasteiger partial charge in [0.05, 0.1) is 10.6 Å². The average molecular weight is 427 g/mol. The zero-order chi connectivity index (χ0) is 21.3. The molecule has 0 atom stereocenters. The molecule has 1 heterocycles. The number of nitrogens with zero attached hydrogens (tertiary/aromatic N) is 1. The Morgan fingerprint density at radius 1 is 1.10 bits per heavy atom. The first-order valence-corrected chi connectivity index (χ1v) is 12.0. The van der Waals surface area contributed by atoms with Crippen molar-refractivity contribution in [2.24, 2.45) is 5.92 Å². The van der Waals surface area contributed by atoms with E-state index in [1.54, 1.807) is 23.1 Å². The quantitative estimate of drug-likeness (QED) is 0.738. The lowest BCUT2D eigenvalue weighted by atomic mass is 10.1. The molecule has 0 radical (unpaired) electrons. The number of carbonyl (C=O) groups excluding carboxylic acids is 2. The van der Waals surface area contributed by atoms with Crippen LogP contribution in [0.2, 0.25) is 0 Å². The van der Waals surface area contributed by atoms with Crippen molar-refractivity contribution in [2.75, 3.05) is 17.2 Å². The van der Waals surface area contributed by atoms with Crippen LogP contribution in [0.3, 0.4) is 0 Å². The third-order valence-electron chi connectivity index (χ3n) is 5.71. The Hall–Kier alpha value is -2.67. The van der Waals surface area contributed by atoms with E-state index in [0.29, 0.717) is 19.5 Å². The Balaban J connectivity index is 1.35. The summed E-state index contributed by atoms with van der Waals surface area (Å²) in [5.74, 6) is -0.245. The number of carbonyl (C=O) groups is 2. The Morgan fingerprint density at radius 3 is 2.53 bits per heavy atom. The minimum absolute atomic E-state index is 0.0857. The van der Waals surface area contributed by atoms with Crippen molar-refractivity contribution in [3.05, 3.63) is 59.2 Å². The topological polar surface area (TPSA) is 83.6 Å². The second-order valence-electron chi connectivity index (χ2n) is 8.14. The molecule has 2 aromatic carbocycles. The molecule has 1 saturated carbocycles. The smallest absolute Gasteiger partial charge is 0.230 e. The minimum atomic E-state index is -3.57. The van der Waals surface area contributed by atoms with E-state index < -0.39 is 9.84 Å². The molecule has 1 aliphatic carbocycles. The Bertz CT molecular complexity index is 1070. The van der Waals surface area contributed by atoms with Gasteiger partial charge in [-0.15, -0.1) is 0 Å². The van der Waals surface area contributed by atoms with Crippen LogP contribution in [0.5, 0.6) is 0 Å². The van der Waals surface area contributed by atoms with Gasteiger partial charge in [0.2, 0.25) is 11.8 Å². The van der Waals surface area contributed by atoms with E-state index in [4.69, 9.17) is 0 Å². The summed E-state index contributed by atoms with van der Waals surface area (Å²) in [6.07, 6.45) is 2.47. The standard InChI is InChI=1S/C23H26N2O4S/c1-16-2-4-17(5-3-16)15-24-22(26)11-13-30(28,29)20-8-9-21-19(14-20)10-12-25(21)23(27)18-6-7-18/h2-5,8-9,14,18H,6-7,10-13,15H2,1H3,(H,24,26). The number of hydrogen-bond donors (Lipinski definition) is 1. The highest BCUT2D eigenvalue weighted by Crippen LogP contribution is 2.37. The van der Waals surface area contributed by atoms with Crippen molar-refractivity contribution < 1.29 is 18.0 Å². The summed E-state index contributed by atoms with van der Waals surface area (Å²) in [4.78, 5) is 26.5. The number of nitrogens with one attached hydrogen (secondary N) is 1. The van der Waals surface area contributed by atoms with Crippen LogP contribution in [0.1, 0.15) is 36.0 Å². The summed E-state index contributed by atoms with van der Waals surface area (Å²) >= 11 is 0. The predicted molar refractivity (Wildman–Crippen MR) is 115 cm³/mol. The van der Waals surface area contributed by atoms with Gasteiger partial charge in [-0.05, 0) is 55.5 Å². The molecule has 0 spiro atoms. The molecule has 0 bridgehead atoms. The number of hydrogen-bond acceptors (Lipinski definition) is 4. The monoisotopic (exact) mass is 426 g/mol. The fraction of sp³-hybridized carbons (Fsp3) is 0.391. The van der Waals surface area contributed by atoms with Crippen LogP contribution < -0.4 is 10.2 Å². The Morgan fingerprint density at radius 2 is 1.83 bits per heavy atom. The summed E-state index contributed by atoms with van der Waals surface area (Å²) in [7, 11) is -3.57. The van der Waals surface area contributed by atoms with Gasteiger partial charge in [-0.25, -0.2) is 8.42 Å². The number of benzene rings is 2. The Kier molecular flexibility index (Phi) is 5.64. The first-order chi connectivity index (χ1) is 14.3. The third kappa shape index (κ3) is 4.56. The van der Waals surface area contributed by atoms with Crippen molar-refractivity contribution in [3.8, 4) is 0 Å². The largest absolute Gasteiger partial charge is 0.352 e. The van der Waals surface area contributed by atoms with Crippen LogP contribution >= 0.6 is 0 Å². The van der Waals surface area contributed by atoms with E-state index in [1.165, 1.54) is 0 Å². The van der Waals surface area contributed by atoms with E-state index in [9.17, 15) is 18.0 Å². The lowest BCUT2D eigenvalue weighted by molar-refractivity contribution is -0.121. The maximum absolute atomic E-state index is 12.7. The average Bonchev–Trinajstić information content (AvgIpc) is 3.50. The third-order valence-corrected chi connectivity index (χ3v) is 7.42. The van der Waals surface area contributed by atoms with Gasteiger partial charge < -0.3 is 10.2 Å². The zero-order valence-electron chi connectivity index (χ0n) is 17.1. The number of sulfone groups is 1. The maximum atomic E-state index is 12.7. The van der Waals surface area contributed by atoms with Crippen molar-refractivity contribution in [3.63, 3.8) is 0 Å². The molecule has 2 aliphatic rings. The molecule has 1 aliphatic heterocycles. The van der Waals surface area contributed by atoms with E-state index in [-0.39, 0.29) is 34.8 Å². The molecule has 1 fully saturated rings. The molecule has 0 aromatic heterocycles. The van der Waals surface area contributed by atoms with Crippen LogP contribution in [0.4, 0.5) is 5.69 Å². The highest BCUT2D eigenvalue weighted by Gasteiger charge is 2.36. The molecular weight excluding hydrogens is 400 g/mol. The van der Waals surface area contributed by atoms with Crippen molar-refractivity contribution in [1.29, 1.82) is 0 Å². The fourth-order valence-electron chi connectivity index (χ4n) is 3.69. The molecule has 0 saturated heterocycles. The van der Waals surface area contributed by atoms with E-state index in [1.807, 2.05) is 31.2 Å². The van der Waals surface area contributed by atoms with Gasteiger partial charge in [0.1, 0.15) is 0 Å². The van der Waals surface area contributed by atoms with Crippen LogP contribution in [0, 0.1) is 12.8 Å². The number of rotatable bonds is 7. The Labute approximate surface area is 177 Å². The predicted octanol–water partition coefficient (Wildman–Crippen LogP) is 2.77. The number of aryl methyl sites for hydroxylation is 1. The molecule has 0 unspecified atom stereocenters. The highest BCUT2D eigenvalue weighted by atomic mass is 32.2. The summed E-state index contributed by atoms with van der Waals surface area (Å²) in [6, 6.07) is 12.8. The first-order valence-electron chi connectivity index (χ1n) is 10.3. The normalized spacial score (nSPS) is 15.7. The van der Waals surface area contributed by atoms with Gasteiger partial charge in [0.15, 0.2) is 9.84 Å². The zero-order valence-corrected chi connectivity index (χ0v) is 17.9. The van der Waals surface area contributed by atoms with Crippen LogP contribution in [0.25, 0.3) is 0 Å². The first kappa shape index (κ1) is 20.6. The summed E-state index contributed by atoms with van der Waals surface area (Å²) in [6.45, 7) is 2.98. The van der Waals surface area contributed by atoms with Crippen molar-refractivity contribution in [2.45, 2.75) is 44.0 Å². The highest BCUT2D eigenvalue weighted by molar-refractivity contribution is 7.91. The second-order valence-corrected chi connectivity index (χ2v) is 10.2. The molecule has 7 heteroatoms. The van der Waals surface area contributed by atoms with Gasteiger partial charge in [0, 0.05) is 31.1 Å². The summed E-state index contributed by atoms with van der Waals surface area (Å²) in [5.41, 5.74) is 3.82. The van der Waals surface area contributed by atoms with Crippen molar-refractivity contribution >= 4 is 27.3 Å². The molecular formula is C23H26N2O4S. The van der Waals surface area contributed by atoms with E-state index in [0.717, 1.165) is 35.2 Å². The molecule has 2 aromatic rings. The van der Waals surface area contributed by atoms with E-state index in [2.05, 4.69) is 5.32 Å². The van der Waals surface area contributed by atoms with Crippen molar-refractivity contribution in [1.82, 2.24) is 5.32 Å². The van der Waals surface area contributed by atoms with Gasteiger partial charge in [-0.2, -0.15) is 0 Å². The maximum Gasteiger partial charge on any atom is 0.230 e. The lowest BCUT2D eigenvalue weighted by Gasteiger charge is -2.17. The lowest BCUT2D eigenvalue weighted by Crippen LogP contribution is -2.30. The van der Waals surface area contributed by atoms with E-state index >= 15 is 0 Å². The second kappa shape index (κ2) is 8.22. The van der Waals surface area contributed by atoms with Crippen LogP contribution in [-0.4, -0.2) is 32.5 Å². The number of anilines is 1. The van der Waals surface area contributed by atoms with Gasteiger partial charge >= 0.3 is 0 Å². The number of fused-ring (bicyclic) bond motifs is 1.